The second-order valence-electron chi connectivity index (χ2n) is 5.29. The Balaban J connectivity index is 2.26. The Morgan fingerprint density at radius 2 is 2.19 bits per heavy atom. The third-order valence-corrected chi connectivity index (χ3v) is 5.71. The van der Waals surface area contributed by atoms with Gasteiger partial charge in [-0.05, 0) is 24.8 Å². The molecule has 0 bridgehead atoms. The van der Waals surface area contributed by atoms with E-state index in [1.807, 2.05) is 0 Å². The monoisotopic (exact) mass is 313 g/mol. The van der Waals surface area contributed by atoms with Gasteiger partial charge in [0.2, 0.25) is 10.0 Å². The van der Waals surface area contributed by atoms with E-state index < -0.39 is 14.9 Å². The van der Waals surface area contributed by atoms with E-state index >= 15 is 0 Å². The molecule has 0 radical (unpaired) electrons. The van der Waals surface area contributed by atoms with Crippen LogP contribution in [-0.4, -0.2) is 30.7 Å². The zero-order valence-electron chi connectivity index (χ0n) is 11.9. The fourth-order valence-electron chi connectivity index (χ4n) is 2.68. The van der Waals surface area contributed by atoms with Crippen LogP contribution in [-0.2, 0) is 10.0 Å². The van der Waals surface area contributed by atoms with Gasteiger partial charge in [-0.2, -0.15) is 4.31 Å². The fraction of sp³-hybridized carbons (Fsp3) is 0.538. The zero-order valence-corrected chi connectivity index (χ0v) is 12.7. The first-order valence-corrected chi connectivity index (χ1v) is 8.34. The van der Waals surface area contributed by atoms with Crippen LogP contribution in [0.15, 0.2) is 23.1 Å². The average Bonchev–Trinajstić information content (AvgIpc) is 2.88. The molecular weight excluding hydrogens is 294 g/mol. The SMILES string of the molecule is CCCC1CCN(S(=O)(=O)c2ccc([N+](=O)[O-])cc2N)C1. The van der Waals surface area contributed by atoms with Crippen molar-refractivity contribution in [3.63, 3.8) is 0 Å². The number of nitrogens with two attached hydrogens (primary N) is 1. The number of nitrogen functional groups attached to an aromatic ring is 1. The van der Waals surface area contributed by atoms with E-state index in [2.05, 4.69) is 6.92 Å². The minimum atomic E-state index is -3.68. The van der Waals surface area contributed by atoms with Crippen molar-refractivity contribution < 1.29 is 13.3 Å². The Morgan fingerprint density at radius 3 is 2.76 bits per heavy atom. The molecule has 8 heteroatoms. The molecule has 0 spiro atoms. The predicted octanol–water partition coefficient (Wildman–Crippen LogP) is 1.99. The molecule has 1 aliphatic heterocycles. The summed E-state index contributed by atoms with van der Waals surface area (Å²) in [7, 11) is -3.68. The van der Waals surface area contributed by atoms with E-state index in [4.69, 9.17) is 5.73 Å². The van der Waals surface area contributed by atoms with Gasteiger partial charge in [0.05, 0.1) is 10.6 Å². The molecule has 1 unspecified atom stereocenters. The molecule has 1 aliphatic rings. The van der Waals surface area contributed by atoms with E-state index in [-0.39, 0.29) is 16.3 Å². The molecule has 1 aromatic rings. The normalized spacial score (nSPS) is 19.8. The van der Waals surface area contributed by atoms with E-state index in [0.29, 0.717) is 19.0 Å². The Labute approximate surface area is 123 Å². The van der Waals surface area contributed by atoms with Crippen molar-refractivity contribution in [2.24, 2.45) is 5.92 Å². The summed E-state index contributed by atoms with van der Waals surface area (Å²) in [6.45, 7) is 3.04. The number of benzene rings is 1. The Hall–Kier alpha value is -1.67. The number of nitrogens with zero attached hydrogens (tertiary/aromatic N) is 2. The lowest BCUT2D eigenvalue weighted by Gasteiger charge is -2.17. The molecule has 1 fully saturated rings. The van der Waals surface area contributed by atoms with Crippen molar-refractivity contribution in [1.29, 1.82) is 0 Å². The summed E-state index contributed by atoms with van der Waals surface area (Å²) >= 11 is 0. The minimum absolute atomic E-state index is 0.0507. The second kappa shape index (κ2) is 5.98. The van der Waals surface area contributed by atoms with Crippen LogP contribution in [0, 0.1) is 16.0 Å². The van der Waals surface area contributed by atoms with Crippen molar-refractivity contribution in [1.82, 2.24) is 4.31 Å². The van der Waals surface area contributed by atoms with Crippen molar-refractivity contribution in [3.05, 3.63) is 28.3 Å². The molecular formula is C13H19N3O4S. The average molecular weight is 313 g/mol. The summed E-state index contributed by atoms with van der Waals surface area (Å²) in [6, 6.07) is 3.48. The minimum Gasteiger partial charge on any atom is -0.397 e. The third kappa shape index (κ3) is 3.16. The van der Waals surface area contributed by atoms with E-state index in [9.17, 15) is 18.5 Å². The first-order chi connectivity index (χ1) is 9.86. The van der Waals surface area contributed by atoms with Gasteiger partial charge in [-0.1, -0.05) is 13.3 Å². The molecule has 0 aromatic heterocycles. The number of sulfonamides is 1. The van der Waals surface area contributed by atoms with Crippen LogP contribution in [0.2, 0.25) is 0 Å². The topological polar surface area (TPSA) is 107 Å². The van der Waals surface area contributed by atoms with Gasteiger partial charge in [0.1, 0.15) is 4.90 Å². The van der Waals surface area contributed by atoms with E-state index in [0.717, 1.165) is 25.3 Å². The number of anilines is 1. The summed E-state index contributed by atoms with van der Waals surface area (Å²) in [4.78, 5) is 10.0. The van der Waals surface area contributed by atoms with Gasteiger partial charge in [0.15, 0.2) is 0 Å². The zero-order chi connectivity index (χ0) is 15.6. The van der Waals surface area contributed by atoms with Crippen LogP contribution in [0.4, 0.5) is 11.4 Å². The van der Waals surface area contributed by atoms with Crippen LogP contribution in [0.25, 0.3) is 0 Å². The number of rotatable bonds is 5. The lowest BCUT2D eigenvalue weighted by molar-refractivity contribution is -0.384. The first kappa shape index (κ1) is 15.7. The van der Waals surface area contributed by atoms with Crippen LogP contribution in [0.3, 0.4) is 0 Å². The smallest absolute Gasteiger partial charge is 0.271 e. The lowest BCUT2D eigenvalue weighted by Crippen LogP contribution is -2.29. The number of hydrogen-bond donors (Lipinski definition) is 1. The van der Waals surface area contributed by atoms with Gasteiger partial charge < -0.3 is 5.73 Å². The second-order valence-corrected chi connectivity index (χ2v) is 7.19. The van der Waals surface area contributed by atoms with Crippen LogP contribution < -0.4 is 5.73 Å². The largest absolute Gasteiger partial charge is 0.397 e. The van der Waals surface area contributed by atoms with E-state index in [1.165, 1.54) is 16.4 Å². The van der Waals surface area contributed by atoms with Gasteiger partial charge in [0, 0.05) is 25.2 Å². The highest BCUT2D eigenvalue weighted by molar-refractivity contribution is 7.89. The molecule has 2 rings (SSSR count). The molecule has 21 heavy (non-hydrogen) atoms. The van der Waals surface area contributed by atoms with Gasteiger partial charge in [-0.3, -0.25) is 10.1 Å². The molecule has 0 saturated carbocycles. The standard InChI is InChI=1S/C13H19N3O4S/c1-2-3-10-6-7-15(9-10)21(19,20)13-5-4-11(16(17)18)8-12(13)14/h4-5,8,10H,2-3,6-7,9,14H2,1H3. The van der Waals surface area contributed by atoms with Gasteiger partial charge in [0.25, 0.3) is 5.69 Å². The third-order valence-electron chi connectivity index (χ3n) is 3.77. The lowest BCUT2D eigenvalue weighted by atomic mass is 10.0. The molecule has 2 N–H and O–H groups in total. The number of nitro benzene ring substituents is 1. The summed E-state index contributed by atoms with van der Waals surface area (Å²) in [5, 5.41) is 10.7. The summed E-state index contributed by atoms with van der Waals surface area (Å²) in [5.41, 5.74) is 5.40. The van der Waals surface area contributed by atoms with Gasteiger partial charge in [-0.15, -0.1) is 0 Å². The van der Waals surface area contributed by atoms with Crippen LogP contribution in [0.1, 0.15) is 26.2 Å². The van der Waals surface area contributed by atoms with Crippen molar-refractivity contribution >= 4 is 21.4 Å². The predicted molar refractivity (Wildman–Crippen MR) is 79.3 cm³/mol. The molecule has 0 aliphatic carbocycles. The van der Waals surface area contributed by atoms with Gasteiger partial charge >= 0.3 is 0 Å². The van der Waals surface area contributed by atoms with Crippen molar-refractivity contribution in [2.45, 2.75) is 31.1 Å². The highest BCUT2D eigenvalue weighted by Gasteiger charge is 2.33. The maximum Gasteiger partial charge on any atom is 0.271 e. The van der Waals surface area contributed by atoms with Crippen molar-refractivity contribution in [2.75, 3.05) is 18.8 Å². The van der Waals surface area contributed by atoms with Crippen LogP contribution in [0.5, 0.6) is 0 Å². The van der Waals surface area contributed by atoms with Crippen LogP contribution >= 0.6 is 0 Å². The molecule has 116 valence electrons. The highest BCUT2D eigenvalue weighted by Crippen LogP contribution is 2.31. The number of non-ortho nitro benzene ring substituents is 1. The quantitative estimate of drug-likeness (QED) is 0.508. The van der Waals surface area contributed by atoms with E-state index in [1.54, 1.807) is 0 Å². The molecule has 1 atom stereocenters. The maximum atomic E-state index is 12.6. The maximum absolute atomic E-state index is 12.6. The van der Waals surface area contributed by atoms with Crippen molar-refractivity contribution in [3.8, 4) is 0 Å². The Morgan fingerprint density at radius 1 is 1.48 bits per heavy atom. The molecule has 0 amide bonds. The molecule has 7 nitrogen and oxygen atoms in total. The molecule has 1 aromatic carbocycles. The van der Waals surface area contributed by atoms with Gasteiger partial charge in [-0.25, -0.2) is 8.42 Å². The number of nitro groups is 1. The Bertz CT molecular complexity index is 645. The summed E-state index contributed by atoms with van der Waals surface area (Å²) < 4.78 is 26.5. The number of hydrogen-bond acceptors (Lipinski definition) is 5. The Kier molecular flexibility index (Phi) is 4.48. The molecule has 1 heterocycles. The summed E-state index contributed by atoms with van der Waals surface area (Å²) in [5.74, 6) is 0.379. The first-order valence-electron chi connectivity index (χ1n) is 6.90. The summed E-state index contributed by atoms with van der Waals surface area (Å²) in [6.07, 6.45) is 2.87. The fourth-order valence-corrected chi connectivity index (χ4v) is 4.31. The molecule has 1 saturated heterocycles. The highest BCUT2D eigenvalue weighted by atomic mass is 32.2.